The van der Waals surface area contributed by atoms with Crippen LogP contribution in [0.5, 0.6) is 0 Å². The molecule has 0 bridgehead atoms. The van der Waals surface area contributed by atoms with Crippen LogP contribution in [-0.4, -0.2) is 55.3 Å². The zero-order valence-corrected chi connectivity index (χ0v) is 9.16. The second-order valence-corrected chi connectivity index (χ2v) is 3.63. The second kappa shape index (κ2) is 6.75. The maximum Gasteiger partial charge on any atom is 0.0920 e. The van der Waals surface area contributed by atoms with E-state index in [9.17, 15) is 5.11 Å². The number of ether oxygens (including phenoxy) is 1. The number of nitrogens with zero attached hydrogens (tertiary/aromatic N) is 1. The molecule has 5 heteroatoms. The van der Waals surface area contributed by atoms with Crippen LogP contribution in [0.25, 0.3) is 0 Å². The first-order valence-corrected chi connectivity index (χ1v) is 4.67. The van der Waals surface area contributed by atoms with Crippen LogP contribution >= 0.6 is 0 Å². The van der Waals surface area contributed by atoms with E-state index in [2.05, 4.69) is 0 Å². The van der Waals surface area contributed by atoms with Gasteiger partial charge in [0.2, 0.25) is 0 Å². The normalized spacial score (nSPS) is 15.5. The maximum absolute atomic E-state index is 9.45. The van der Waals surface area contributed by atoms with Crippen molar-refractivity contribution in [2.75, 3.05) is 27.3 Å². The zero-order chi connectivity index (χ0) is 11.1. The fraction of sp³-hybridized carbons (Fsp3) is 0.889. The predicted octanol–water partition coefficient (Wildman–Crippen LogP) is -0.360. The topological polar surface area (TPSA) is 82.6 Å². The molecule has 0 amide bonds. The number of nitrogens with one attached hydrogen (secondary N) is 1. The summed E-state index contributed by atoms with van der Waals surface area (Å²) < 4.78 is 4.82. The molecule has 0 aliphatic rings. The molecule has 5 nitrogen and oxygen atoms in total. The Kier molecular flexibility index (Phi) is 6.44. The van der Waals surface area contributed by atoms with Gasteiger partial charge in [0.1, 0.15) is 0 Å². The van der Waals surface area contributed by atoms with E-state index < -0.39 is 6.10 Å². The summed E-state index contributed by atoms with van der Waals surface area (Å²) in [6, 6.07) is 0.166. The highest BCUT2D eigenvalue weighted by molar-refractivity contribution is 5.77. The average Bonchev–Trinajstić information content (AvgIpc) is 2.02. The Hall–Kier alpha value is -0.650. The molecule has 0 aliphatic heterocycles. The zero-order valence-electron chi connectivity index (χ0n) is 9.16. The minimum atomic E-state index is -0.487. The molecule has 0 aliphatic carbocycles. The van der Waals surface area contributed by atoms with Gasteiger partial charge in [-0.05, 0) is 14.0 Å². The molecule has 0 saturated carbocycles. The first-order chi connectivity index (χ1) is 6.47. The number of nitrogens with two attached hydrogens (primary N) is 1. The van der Waals surface area contributed by atoms with E-state index >= 15 is 0 Å². The van der Waals surface area contributed by atoms with Gasteiger partial charge in [-0.3, -0.25) is 5.41 Å². The number of likely N-dealkylation sites (N-methyl/N-ethyl adjacent to an activating group) is 1. The molecule has 0 aromatic rings. The predicted molar refractivity (Wildman–Crippen MR) is 56.5 cm³/mol. The van der Waals surface area contributed by atoms with Gasteiger partial charge in [-0.2, -0.15) is 0 Å². The lowest BCUT2D eigenvalue weighted by atomic mass is 10.2. The molecule has 0 spiro atoms. The minimum absolute atomic E-state index is 0.166. The number of hydrogen-bond donors (Lipinski definition) is 3. The molecule has 0 aromatic carbocycles. The van der Waals surface area contributed by atoms with Crippen LogP contribution in [0.3, 0.4) is 0 Å². The van der Waals surface area contributed by atoms with Crippen molar-refractivity contribution in [3.8, 4) is 0 Å². The summed E-state index contributed by atoms with van der Waals surface area (Å²) in [5.41, 5.74) is 5.29. The van der Waals surface area contributed by atoms with E-state index in [4.69, 9.17) is 15.9 Å². The van der Waals surface area contributed by atoms with Gasteiger partial charge in [-0.15, -0.1) is 0 Å². The Morgan fingerprint density at radius 3 is 2.64 bits per heavy atom. The van der Waals surface area contributed by atoms with E-state index in [1.807, 2.05) is 18.9 Å². The van der Waals surface area contributed by atoms with Crippen LogP contribution in [0.1, 0.15) is 13.3 Å². The van der Waals surface area contributed by atoms with E-state index in [0.29, 0.717) is 19.6 Å². The van der Waals surface area contributed by atoms with Crippen LogP contribution in [0.2, 0.25) is 0 Å². The van der Waals surface area contributed by atoms with Gasteiger partial charge < -0.3 is 20.5 Å². The minimum Gasteiger partial charge on any atom is -0.389 e. The van der Waals surface area contributed by atoms with Gasteiger partial charge in [0.05, 0.1) is 18.5 Å². The molecule has 14 heavy (non-hydrogen) atoms. The van der Waals surface area contributed by atoms with Crippen LogP contribution < -0.4 is 5.73 Å². The lowest BCUT2D eigenvalue weighted by Crippen LogP contribution is -2.39. The van der Waals surface area contributed by atoms with Gasteiger partial charge in [0.25, 0.3) is 0 Å². The van der Waals surface area contributed by atoms with E-state index in [1.54, 1.807) is 7.11 Å². The summed E-state index contributed by atoms with van der Waals surface area (Å²) in [6.07, 6.45) is 0.0374. The molecule has 0 radical (unpaired) electrons. The van der Waals surface area contributed by atoms with Gasteiger partial charge in [0.15, 0.2) is 0 Å². The van der Waals surface area contributed by atoms with E-state index in [0.717, 1.165) is 0 Å². The monoisotopic (exact) mass is 203 g/mol. The Morgan fingerprint density at radius 1 is 1.64 bits per heavy atom. The molecule has 84 valence electrons. The summed E-state index contributed by atoms with van der Waals surface area (Å²) in [6.45, 7) is 2.83. The lowest BCUT2D eigenvalue weighted by Gasteiger charge is -2.26. The van der Waals surface area contributed by atoms with Crippen molar-refractivity contribution in [1.82, 2.24) is 4.90 Å². The van der Waals surface area contributed by atoms with Crippen LogP contribution in [-0.2, 0) is 4.74 Å². The quantitative estimate of drug-likeness (QED) is 0.390. The number of amidine groups is 1. The molecule has 0 saturated heterocycles. The standard InChI is InChI=1S/C9H21N3O2/c1-7(4-9(10)11)12(2)5-8(13)6-14-3/h7-8,13H,4-6H2,1-3H3,(H3,10,11). The third kappa shape index (κ3) is 5.90. The number of hydrogen-bond acceptors (Lipinski definition) is 4. The van der Waals surface area contributed by atoms with Crippen molar-refractivity contribution in [2.24, 2.45) is 5.73 Å². The molecule has 0 heterocycles. The molecular formula is C9H21N3O2. The number of aliphatic hydroxyl groups is 1. The largest absolute Gasteiger partial charge is 0.389 e. The first-order valence-electron chi connectivity index (χ1n) is 4.67. The molecule has 2 unspecified atom stereocenters. The van der Waals surface area contributed by atoms with Crippen molar-refractivity contribution in [3.63, 3.8) is 0 Å². The van der Waals surface area contributed by atoms with Crippen molar-refractivity contribution in [3.05, 3.63) is 0 Å². The van der Waals surface area contributed by atoms with Crippen molar-refractivity contribution < 1.29 is 9.84 Å². The fourth-order valence-corrected chi connectivity index (χ4v) is 1.23. The smallest absolute Gasteiger partial charge is 0.0920 e. The highest BCUT2D eigenvalue weighted by Gasteiger charge is 2.14. The van der Waals surface area contributed by atoms with Gasteiger partial charge >= 0.3 is 0 Å². The summed E-state index contributed by atoms with van der Waals surface area (Å²) in [5.74, 6) is 0.172. The Morgan fingerprint density at radius 2 is 2.21 bits per heavy atom. The molecule has 0 rings (SSSR count). The first kappa shape index (κ1) is 13.4. The number of rotatable bonds is 7. The Bertz CT molecular complexity index is 175. The average molecular weight is 203 g/mol. The van der Waals surface area contributed by atoms with Crippen LogP contribution in [0, 0.1) is 5.41 Å². The maximum atomic E-state index is 9.45. The SMILES string of the molecule is COCC(O)CN(C)C(C)CC(=N)N. The van der Waals surface area contributed by atoms with E-state index in [1.165, 1.54) is 0 Å². The number of aliphatic hydroxyl groups excluding tert-OH is 1. The second-order valence-electron chi connectivity index (χ2n) is 3.63. The van der Waals surface area contributed by atoms with Crippen LogP contribution in [0.4, 0.5) is 0 Å². The van der Waals surface area contributed by atoms with Crippen molar-refractivity contribution in [1.29, 1.82) is 5.41 Å². The van der Waals surface area contributed by atoms with Gasteiger partial charge in [-0.1, -0.05) is 0 Å². The van der Waals surface area contributed by atoms with Crippen LogP contribution in [0.15, 0.2) is 0 Å². The summed E-state index contributed by atoms with van der Waals surface area (Å²) in [5, 5.41) is 16.6. The van der Waals surface area contributed by atoms with Crippen molar-refractivity contribution in [2.45, 2.75) is 25.5 Å². The molecule has 0 fully saturated rings. The highest BCUT2D eigenvalue weighted by Crippen LogP contribution is 2.01. The summed E-state index contributed by atoms with van der Waals surface area (Å²) in [7, 11) is 3.45. The molecule has 4 N–H and O–H groups in total. The molecule has 2 atom stereocenters. The third-order valence-electron chi connectivity index (χ3n) is 2.13. The summed E-state index contributed by atoms with van der Waals surface area (Å²) in [4.78, 5) is 1.96. The third-order valence-corrected chi connectivity index (χ3v) is 2.13. The highest BCUT2D eigenvalue weighted by atomic mass is 16.5. The summed E-state index contributed by atoms with van der Waals surface area (Å²) >= 11 is 0. The van der Waals surface area contributed by atoms with Gasteiger partial charge in [-0.25, -0.2) is 0 Å². The van der Waals surface area contributed by atoms with Crippen molar-refractivity contribution >= 4 is 5.84 Å². The molecule has 0 aromatic heterocycles. The number of methoxy groups -OCH3 is 1. The lowest BCUT2D eigenvalue weighted by molar-refractivity contribution is 0.0364. The molecular weight excluding hydrogens is 182 g/mol. The Labute approximate surface area is 85.4 Å². The Balaban J connectivity index is 3.81. The fourth-order valence-electron chi connectivity index (χ4n) is 1.23. The van der Waals surface area contributed by atoms with Gasteiger partial charge in [0, 0.05) is 26.1 Å². The van der Waals surface area contributed by atoms with E-state index in [-0.39, 0.29) is 11.9 Å².